The van der Waals surface area contributed by atoms with Crippen molar-refractivity contribution < 1.29 is 53.4 Å². The highest BCUT2D eigenvalue weighted by molar-refractivity contribution is 6.06. The molecule has 6 nitrogen and oxygen atoms in total. The van der Waals surface area contributed by atoms with Crippen molar-refractivity contribution in [2.45, 2.75) is 12.7 Å². The fourth-order valence-electron chi connectivity index (χ4n) is 3.89. The van der Waals surface area contributed by atoms with E-state index in [9.17, 15) is 59.7 Å². The SMILES string of the molecule is N#C/C=C(F)/C(F)=C(C(C#N)=C1c2cc(C#N)c(OC(F)(F)F)cc2-c2cc(OC(F)(F)F)c(C#N)cc21)\C(F)=C\F. The van der Waals surface area contributed by atoms with E-state index in [1.807, 2.05) is 0 Å². The first-order valence-corrected chi connectivity index (χ1v) is 10.6. The number of hydrogen-bond acceptors (Lipinski definition) is 6. The van der Waals surface area contributed by atoms with Gasteiger partial charge in [0, 0.05) is 5.57 Å². The number of ether oxygens (including phenoxy) is 2. The molecule has 3 rings (SSSR count). The lowest BCUT2D eigenvalue weighted by atomic mass is 9.91. The van der Waals surface area contributed by atoms with Gasteiger partial charge in [-0.2, -0.15) is 21.0 Å². The molecule has 0 radical (unpaired) electrons. The van der Waals surface area contributed by atoms with Gasteiger partial charge in [-0.3, -0.25) is 0 Å². The Morgan fingerprint density at radius 3 is 1.48 bits per heavy atom. The molecule has 0 saturated heterocycles. The maximum absolute atomic E-state index is 15.0. The molecule has 0 N–H and O–H groups in total. The number of alkyl halides is 6. The average Bonchev–Trinajstić information content (AvgIpc) is 3.19. The minimum atomic E-state index is -5.38. The largest absolute Gasteiger partial charge is 0.573 e. The molecule has 42 heavy (non-hydrogen) atoms. The molecule has 0 spiro atoms. The fourth-order valence-corrected chi connectivity index (χ4v) is 3.89. The molecular weight excluding hydrogens is 590 g/mol. The molecule has 0 fully saturated rings. The quantitative estimate of drug-likeness (QED) is 0.168. The minimum absolute atomic E-state index is 0.0832. The summed E-state index contributed by atoms with van der Waals surface area (Å²) in [6.07, 6.45) is -11.7. The second-order valence-electron chi connectivity index (χ2n) is 7.74. The Kier molecular flexibility index (Phi) is 8.36. The highest BCUT2D eigenvalue weighted by Gasteiger charge is 2.38. The Hall–Kier alpha value is -5.74. The van der Waals surface area contributed by atoms with Crippen molar-refractivity contribution in [3.63, 3.8) is 0 Å². The Morgan fingerprint density at radius 1 is 0.690 bits per heavy atom. The maximum Gasteiger partial charge on any atom is 0.573 e. The summed E-state index contributed by atoms with van der Waals surface area (Å²) in [6, 6.07) is 7.24. The molecular formula is C26H6F10N4O2. The lowest BCUT2D eigenvalue weighted by Gasteiger charge is -2.14. The zero-order chi connectivity index (χ0) is 31.6. The summed E-state index contributed by atoms with van der Waals surface area (Å²) < 4.78 is 143. The van der Waals surface area contributed by atoms with Gasteiger partial charge >= 0.3 is 12.7 Å². The van der Waals surface area contributed by atoms with Gasteiger partial charge in [0.1, 0.15) is 36.0 Å². The molecule has 1 aliphatic carbocycles. The number of nitrogens with zero attached hydrogens (tertiary/aromatic N) is 4. The molecule has 0 heterocycles. The van der Waals surface area contributed by atoms with E-state index < -0.39 is 98.1 Å². The average molecular weight is 596 g/mol. The number of rotatable bonds is 5. The second-order valence-corrected chi connectivity index (χ2v) is 7.74. The molecule has 0 aromatic heterocycles. The van der Waals surface area contributed by atoms with E-state index in [2.05, 4.69) is 9.47 Å². The van der Waals surface area contributed by atoms with Crippen molar-refractivity contribution in [2.75, 3.05) is 0 Å². The van der Waals surface area contributed by atoms with Crippen LogP contribution in [0.4, 0.5) is 43.9 Å². The van der Waals surface area contributed by atoms with E-state index in [1.54, 1.807) is 0 Å². The normalized spacial score (nSPS) is 13.5. The zero-order valence-electron chi connectivity index (χ0n) is 19.8. The van der Waals surface area contributed by atoms with Crippen molar-refractivity contribution in [2.24, 2.45) is 0 Å². The third-order valence-corrected chi connectivity index (χ3v) is 5.33. The van der Waals surface area contributed by atoms with E-state index in [0.29, 0.717) is 24.3 Å². The Morgan fingerprint density at radius 2 is 1.14 bits per heavy atom. The highest BCUT2D eigenvalue weighted by Crippen LogP contribution is 2.52. The summed E-state index contributed by atoms with van der Waals surface area (Å²) in [4.78, 5) is 0. The summed E-state index contributed by atoms with van der Waals surface area (Å²) in [5, 5.41) is 37.3. The molecule has 1 aliphatic rings. The van der Waals surface area contributed by atoms with Gasteiger partial charge in [0.2, 0.25) is 0 Å². The van der Waals surface area contributed by atoms with Crippen LogP contribution in [0.1, 0.15) is 22.3 Å². The van der Waals surface area contributed by atoms with Crippen molar-refractivity contribution in [1.29, 1.82) is 21.0 Å². The molecule has 2 aromatic carbocycles. The second kappa shape index (κ2) is 11.4. The molecule has 16 heteroatoms. The monoisotopic (exact) mass is 596 g/mol. The zero-order valence-corrected chi connectivity index (χ0v) is 19.8. The van der Waals surface area contributed by atoms with Crippen LogP contribution < -0.4 is 9.47 Å². The van der Waals surface area contributed by atoms with Crippen LogP contribution in [0, 0.1) is 45.3 Å². The predicted molar refractivity (Wildman–Crippen MR) is 120 cm³/mol. The first kappa shape index (κ1) is 30.8. The molecule has 2 aromatic rings. The summed E-state index contributed by atoms with van der Waals surface area (Å²) in [5.74, 6) is -8.97. The van der Waals surface area contributed by atoms with Gasteiger partial charge in [-0.1, -0.05) is 0 Å². The van der Waals surface area contributed by atoms with Gasteiger partial charge in [0.05, 0.1) is 34.4 Å². The summed E-state index contributed by atoms with van der Waals surface area (Å²) in [5.41, 5.74) is -7.74. The van der Waals surface area contributed by atoms with E-state index in [4.69, 9.17) is 5.26 Å². The Bertz CT molecular complexity index is 1700. The molecule has 0 aliphatic heterocycles. The summed E-state index contributed by atoms with van der Waals surface area (Å²) in [6.45, 7) is 0. The first-order chi connectivity index (χ1) is 19.6. The number of fused-ring (bicyclic) bond motifs is 3. The van der Waals surface area contributed by atoms with Gasteiger partial charge in [-0.15, -0.1) is 26.3 Å². The number of nitriles is 4. The number of benzene rings is 2. The van der Waals surface area contributed by atoms with E-state index in [0.717, 1.165) is 6.07 Å². The minimum Gasteiger partial charge on any atom is -0.404 e. The molecule has 0 saturated carbocycles. The van der Waals surface area contributed by atoms with Crippen LogP contribution in [0.25, 0.3) is 16.7 Å². The summed E-state index contributed by atoms with van der Waals surface area (Å²) >= 11 is 0. The van der Waals surface area contributed by atoms with Crippen LogP contribution in [-0.4, -0.2) is 12.7 Å². The molecule has 212 valence electrons. The van der Waals surface area contributed by atoms with Crippen molar-refractivity contribution >= 4 is 5.57 Å². The standard InChI is InChI=1S/C26H6F10N4O2/c27-7-19(29)23(24(30)18(28)1-2-37)17(10-40)22-15-3-11(8-38)20(41-25(31,32)33)5-13(15)14-6-21(42-26(34,35)36)12(9-39)4-16(14)22/h1,3-7H/b18-1-,19-7-,24-23+. The Balaban J connectivity index is 2.62. The van der Waals surface area contributed by atoms with Gasteiger partial charge in [-0.05, 0) is 46.5 Å². The van der Waals surface area contributed by atoms with Gasteiger partial charge < -0.3 is 9.47 Å². The van der Waals surface area contributed by atoms with E-state index in [1.165, 1.54) is 18.2 Å². The van der Waals surface area contributed by atoms with E-state index >= 15 is 0 Å². The third-order valence-electron chi connectivity index (χ3n) is 5.33. The van der Waals surface area contributed by atoms with Gasteiger partial charge in [0.15, 0.2) is 17.5 Å². The molecule has 0 unspecified atom stereocenters. The third kappa shape index (κ3) is 6.03. The van der Waals surface area contributed by atoms with Crippen LogP contribution in [0.15, 0.2) is 65.3 Å². The highest BCUT2D eigenvalue weighted by atomic mass is 19.4. The van der Waals surface area contributed by atoms with Gasteiger partial charge in [-0.25, -0.2) is 17.6 Å². The number of allylic oxidation sites excluding steroid dienone is 6. The maximum atomic E-state index is 15.0. The smallest absolute Gasteiger partial charge is 0.404 e. The van der Waals surface area contributed by atoms with Crippen molar-refractivity contribution in [1.82, 2.24) is 0 Å². The molecule has 0 bridgehead atoms. The number of halogens is 10. The first-order valence-electron chi connectivity index (χ1n) is 10.6. The van der Waals surface area contributed by atoms with Crippen molar-refractivity contribution in [3.8, 4) is 46.9 Å². The van der Waals surface area contributed by atoms with Gasteiger partial charge in [0.25, 0.3) is 0 Å². The molecule has 0 atom stereocenters. The lowest BCUT2D eigenvalue weighted by Crippen LogP contribution is -2.18. The van der Waals surface area contributed by atoms with Crippen LogP contribution in [0.5, 0.6) is 11.5 Å². The van der Waals surface area contributed by atoms with Crippen molar-refractivity contribution in [3.05, 3.63) is 87.6 Å². The van der Waals surface area contributed by atoms with Crippen LogP contribution in [-0.2, 0) is 0 Å². The van der Waals surface area contributed by atoms with Crippen LogP contribution >= 0.6 is 0 Å². The predicted octanol–water partition coefficient (Wildman–Crippen LogP) is 7.91. The van der Waals surface area contributed by atoms with E-state index in [-0.39, 0.29) is 6.08 Å². The topological polar surface area (TPSA) is 114 Å². The Labute approximate surface area is 227 Å². The van der Waals surface area contributed by atoms with Crippen LogP contribution in [0.2, 0.25) is 0 Å². The summed E-state index contributed by atoms with van der Waals surface area (Å²) in [7, 11) is 0. The fraction of sp³-hybridized carbons (Fsp3) is 0.0769. The van der Waals surface area contributed by atoms with Crippen LogP contribution in [0.3, 0.4) is 0 Å². The lowest BCUT2D eigenvalue weighted by molar-refractivity contribution is -0.275. The number of hydrogen-bond donors (Lipinski definition) is 0. The molecule has 0 amide bonds.